The van der Waals surface area contributed by atoms with Crippen LogP contribution in [0.1, 0.15) is 22.7 Å². The third-order valence-corrected chi connectivity index (χ3v) is 6.21. The lowest BCUT2D eigenvalue weighted by molar-refractivity contribution is -0.929. The first kappa shape index (κ1) is 20.6. The summed E-state index contributed by atoms with van der Waals surface area (Å²) in [6.45, 7) is 3.42. The molecular weight excluding hydrogens is 436 g/mol. The van der Waals surface area contributed by atoms with Gasteiger partial charge in [0.05, 0.1) is 26.2 Å². The maximum absolute atomic E-state index is 12.7. The molecule has 1 fully saturated rings. The third kappa shape index (κ3) is 5.07. The minimum absolute atomic E-state index is 0.0907. The first-order valence-corrected chi connectivity index (χ1v) is 11.2. The Morgan fingerprint density at radius 1 is 0.833 bits per heavy atom. The molecule has 0 saturated carbocycles. The lowest BCUT2D eigenvalue weighted by atomic mass is 9.96. The van der Waals surface area contributed by atoms with Crippen molar-refractivity contribution in [3.8, 4) is 0 Å². The molecule has 0 unspecified atom stereocenters. The zero-order valence-corrected chi connectivity index (χ0v) is 18.5. The molecule has 3 aromatic carbocycles. The molecule has 1 amide bonds. The molecule has 1 aliphatic heterocycles. The van der Waals surface area contributed by atoms with Crippen LogP contribution in [0.2, 0.25) is 0 Å². The van der Waals surface area contributed by atoms with Gasteiger partial charge in [-0.1, -0.05) is 88.7 Å². The van der Waals surface area contributed by atoms with Crippen LogP contribution >= 0.6 is 15.9 Å². The van der Waals surface area contributed by atoms with E-state index >= 15 is 0 Å². The number of carbonyl (C=O) groups excluding carboxylic acids is 1. The molecule has 3 nitrogen and oxygen atoms in total. The van der Waals surface area contributed by atoms with Crippen LogP contribution in [0, 0.1) is 0 Å². The van der Waals surface area contributed by atoms with Crippen LogP contribution in [0.5, 0.6) is 0 Å². The molecular formula is C26H26BrN2O+. The number of amides is 1. The summed E-state index contributed by atoms with van der Waals surface area (Å²) in [7, 11) is 0. The second kappa shape index (κ2) is 9.88. The van der Waals surface area contributed by atoms with Crippen LogP contribution in [-0.2, 0) is 4.79 Å². The number of rotatable bonds is 5. The van der Waals surface area contributed by atoms with Crippen molar-refractivity contribution in [2.24, 2.45) is 0 Å². The Morgan fingerprint density at radius 3 is 1.90 bits per heavy atom. The van der Waals surface area contributed by atoms with Crippen LogP contribution in [-0.4, -0.2) is 37.0 Å². The Hall–Kier alpha value is -2.69. The van der Waals surface area contributed by atoms with E-state index in [9.17, 15) is 4.79 Å². The van der Waals surface area contributed by atoms with Gasteiger partial charge < -0.3 is 9.80 Å². The van der Waals surface area contributed by atoms with Crippen molar-refractivity contribution in [2.45, 2.75) is 6.04 Å². The number of quaternary nitrogens is 1. The number of carbonyl (C=O) groups is 1. The van der Waals surface area contributed by atoms with Crippen molar-refractivity contribution in [3.63, 3.8) is 0 Å². The fourth-order valence-corrected chi connectivity index (χ4v) is 4.37. The zero-order valence-electron chi connectivity index (χ0n) is 16.9. The molecule has 0 aliphatic carbocycles. The minimum Gasteiger partial charge on any atom is -0.328 e. The summed E-state index contributed by atoms with van der Waals surface area (Å²) < 4.78 is 1.04. The largest absolute Gasteiger partial charge is 0.328 e. The van der Waals surface area contributed by atoms with Crippen LogP contribution in [0.3, 0.4) is 0 Å². The van der Waals surface area contributed by atoms with Gasteiger partial charge in [0, 0.05) is 21.7 Å². The number of nitrogens with one attached hydrogen (secondary N) is 1. The third-order valence-electron chi connectivity index (χ3n) is 5.68. The molecule has 0 aromatic heterocycles. The quantitative estimate of drug-likeness (QED) is 0.571. The van der Waals surface area contributed by atoms with Gasteiger partial charge in [-0.05, 0) is 23.8 Å². The highest BCUT2D eigenvalue weighted by molar-refractivity contribution is 9.10. The van der Waals surface area contributed by atoms with Crippen molar-refractivity contribution in [1.29, 1.82) is 0 Å². The van der Waals surface area contributed by atoms with Gasteiger partial charge in [-0.2, -0.15) is 0 Å². The fraction of sp³-hybridized carbons (Fsp3) is 0.192. The molecule has 4 rings (SSSR count). The molecule has 1 N–H and O–H groups in total. The monoisotopic (exact) mass is 461 g/mol. The van der Waals surface area contributed by atoms with Gasteiger partial charge >= 0.3 is 0 Å². The summed E-state index contributed by atoms with van der Waals surface area (Å²) >= 11 is 3.44. The number of halogens is 1. The van der Waals surface area contributed by atoms with Gasteiger partial charge in [0.15, 0.2) is 0 Å². The molecule has 0 bridgehead atoms. The van der Waals surface area contributed by atoms with Gasteiger partial charge in [0.1, 0.15) is 6.04 Å². The molecule has 3 aromatic rings. The van der Waals surface area contributed by atoms with Crippen molar-refractivity contribution in [2.75, 3.05) is 26.2 Å². The zero-order chi connectivity index (χ0) is 20.8. The Balaban J connectivity index is 1.43. The van der Waals surface area contributed by atoms with E-state index in [0.29, 0.717) is 6.04 Å². The van der Waals surface area contributed by atoms with E-state index in [1.807, 2.05) is 35.2 Å². The number of hydrogen-bond acceptors (Lipinski definition) is 1. The first-order chi connectivity index (χ1) is 14.7. The normalized spacial score (nSPS) is 15.1. The summed E-state index contributed by atoms with van der Waals surface area (Å²) in [6, 6.07) is 29.7. The molecule has 0 radical (unpaired) electrons. The molecule has 4 heteroatoms. The summed E-state index contributed by atoms with van der Waals surface area (Å²) in [4.78, 5) is 16.1. The average molecular weight is 462 g/mol. The second-order valence-corrected chi connectivity index (χ2v) is 8.54. The fourth-order valence-electron chi connectivity index (χ4n) is 4.10. The number of benzene rings is 3. The maximum Gasteiger partial charge on any atom is 0.246 e. The maximum atomic E-state index is 12.7. The lowest BCUT2D eigenvalue weighted by Gasteiger charge is -2.36. The molecule has 1 saturated heterocycles. The molecule has 30 heavy (non-hydrogen) atoms. The number of piperazine rings is 1. The first-order valence-electron chi connectivity index (χ1n) is 10.4. The standard InChI is InChI=1S/C26H25BrN2O/c27-24-14-11-21(12-15-24)13-16-25(30)28-17-19-29(20-18-28)26(22-7-3-1-4-8-22)23-9-5-2-6-10-23/h1-16,26H,17-20H2/p+1/b16-13+. The van der Waals surface area contributed by atoms with Crippen molar-refractivity contribution in [3.05, 3.63) is 112 Å². The Bertz CT molecular complexity index is 939. The summed E-state index contributed by atoms with van der Waals surface area (Å²) in [5.41, 5.74) is 3.69. The van der Waals surface area contributed by atoms with Gasteiger partial charge in [0.25, 0.3) is 0 Å². The Morgan fingerprint density at radius 2 is 1.37 bits per heavy atom. The van der Waals surface area contributed by atoms with Crippen molar-refractivity contribution >= 4 is 27.9 Å². The lowest BCUT2D eigenvalue weighted by Crippen LogP contribution is -3.15. The Labute approximate surface area is 186 Å². The minimum atomic E-state index is 0.0907. The molecule has 1 heterocycles. The molecule has 1 aliphatic rings. The SMILES string of the molecule is O=C(/C=C/c1ccc(Br)cc1)N1CC[NH+](C(c2ccccc2)c2ccccc2)CC1. The van der Waals surface area contributed by atoms with Crippen LogP contribution < -0.4 is 4.90 Å². The summed E-state index contributed by atoms with van der Waals surface area (Å²) in [5.74, 6) is 0.0907. The molecule has 152 valence electrons. The van der Waals surface area contributed by atoms with Crippen LogP contribution in [0.4, 0.5) is 0 Å². The van der Waals surface area contributed by atoms with Crippen molar-refractivity contribution < 1.29 is 9.69 Å². The predicted molar refractivity (Wildman–Crippen MR) is 125 cm³/mol. The van der Waals surface area contributed by atoms with E-state index in [-0.39, 0.29) is 5.91 Å². The average Bonchev–Trinajstić information content (AvgIpc) is 2.81. The highest BCUT2D eigenvalue weighted by Crippen LogP contribution is 2.19. The van der Waals surface area contributed by atoms with Crippen molar-refractivity contribution in [1.82, 2.24) is 4.90 Å². The van der Waals surface area contributed by atoms with E-state index in [0.717, 1.165) is 36.2 Å². The smallest absolute Gasteiger partial charge is 0.246 e. The Kier molecular flexibility index (Phi) is 6.77. The summed E-state index contributed by atoms with van der Waals surface area (Å²) in [5, 5.41) is 0. The second-order valence-electron chi connectivity index (χ2n) is 7.62. The topological polar surface area (TPSA) is 24.8 Å². The van der Waals surface area contributed by atoms with E-state index in [1.54, 1.807) is 6.08 Å². The molecule has 0 atom stereocenters. The molecule has 0 spiro atoms. The number of hydrogen-bond donors (Lipinski definition) is 1. The van der Waals surface area contributed by atoms with E-state index in [4.69, 9.17) is 0 Å². The number of nitrogens with zero attached hydrogens (tertiary/aromatic N) is 1. The van der Waals surface area contributed by atoms with Crippen LogP contribution in [0.25, 0.3) is 6.08 Å². The summed E-state index contributed by atoms with van der Waals surface area (Å²) in [6.07, 6.45) is 3.59. The van der Waals surface area contributed by atoms with Gasteiger partial charge in [-0.3, -0.25) is 4.79 Å². The van der Waals surface area contributed by atoms with E-state index in [1.165, 1.54) is 16.0 Å². The van der Waals surface area contributed by atoms with E-state index in [2.05, 4.69) is 76.6 Å². The van der Waals surface area contributed by atoms with Gasteiger partial charge in [-0.25, -0.2) is 0 Å². The van der Waals surface area contributed by atoms with E-state index < -0.39 is 0 Å². The highest BCUT2D eigenvalue weighted by atomic mass is 79.9. The van der Waals surface area contributed by atoms with Crippen LogP contribution in [0.15, 0.2) is 95.5 Å². The highest BCUT2D eigenvalue weighted by Gasteiger charge is 2.30. The van der Waals surface area contributed by atoms with Gasteiger partial charge in [-0.15, -0.1) is 0 Å². The van der Waals surface area contributed by atoms with Gasteiger partial charge in [0.2, 0.25) is 5.91 Å². The predicted octanol–water partition coefficient (Wildman–Crippen LogP) is 3.98.